The van der Waals surface area contributed by atoms with Crippen molar-refractivity contribution >= 4 is 25.6 Å². The molecule has 1 aromatic heterocycles. The lowest BCUT2D eigenvalue weighted by Crippen LogP contribution is -2.30. The average Bonchev–Trinajstić information content (AvgIpc) is 2.54. The van der Waals surface area contributed by atoms with Gasteiger partial charge in [0.25, 0.3) is 0 Å². The number of aromatic nitrogens is 1. The number of nitrogens with zero attached hydrogens (tertiary/aromatic N) is 1. The van der Waals surface area contributed by atoms with Gasteiger partial charge in [-0.3, -0.25) is 9.78 Å². The molecule has 0 aliphatic rings. The van der Waals surface area contributed by atoms with E-state index in [-0.39, 0.29) is 41.2 Å². The zero-order chi connectivity index (χ0) is 19.3. The topological polar surface area (TPSA) is 68.7 Å². The number of ether oxygens (including phenoxy) is 2. The Kier molecular flexibility index (Phi) is 6.61. The number of phenolic OH excluding ortho intramolecular Hbond substituents is 1. The van der Waals surface area contributed by atoms with Crippen molar-refractivity contribution in [3.63, 3.8) is 0 Å². The summed E-state index contributed by atoms with van der Waals surface area (Å²) < 4.78 is 24.5. The maximum absolute atomic E-state index is 13.9. The first kappa shape index (κ1) is 20.2. The molecule has 1 heterocycles. The normalized spacial score (nSPS) is 11.3. The van der Waals surface area contributed by atoms with Crippen LogP contribution in [0.2, 0.25) is 24.7 Å². The van der Waals surface area contributed by atoms with Gasteiger partial charge in [-0.15, -0.1) is 0 Å². The minimum Gasteiger partial charge on any atom is -0.504 e. The Bertz CT molecular complexity index is 795. The molecule has 0 saturated heterocycles. The number of esters is 1. The second-order valence-corrected chi connectivity index (χ2v) is 12.8. The number of pyridine rings is 1. The maximum Gasteiger partial charge on any atom is 0.308 e. The van der Waals surface area contributed by atoms with Crippen LogP contribution in [0.5, 0.6) is 11.5 Å². The summed E-state index contributed by atoms with van der Waals surface area (Å²) in [5.41, 5.74) is 0.463. The molecule has 0 saturated carbocycles. The third-order valence-electron chi connectivity index (χ3n) is 3.27. The second-order valence-electron chi connectivity index (χ2n) is 6.99. The van der Waals surface area contributed by atoms with Crippen molar-refractivity contribution < 1.29 is 23.8 Å². The highest BCUT2D eigenvalue weighted by Gasteiger charge is 2.16. The van der Waals surface area contributed by atoms with E-state index in [1.807, 2.05) is 0 Å². The van der Waals surface area contributed by atoms with Crippen LogP contribution in [0.3, 0.4) is 0 Å². The smallest absolute Gasteiger partial charge is 0.308 e. The van der Waals surface area contributed by atoms with Crippen LogP contribution < -0.4 is 4.74 Å². The van der Waals surface area contributed by atoms with Gasteiger partial charge in [0, 0.05) is 11.8 Å². The summed E-state index contributed by atoms with van der Waals surface area (Å²) in [4.78, 5) is 15.6. The Morgan fingerprint density at radius 2 is 2.04 bits per heavy atom. The third kappa shape index (κ3) is 6.00. The summed E-state index contributed by atoms with van der Waals surface area (Å²) >= 11 is 5.68. The van der Waals surface area contributed by atoms with Crippen LogP contribution in [0.1, 0.15) is 6.42 Å². The van der Waals surface area contributed by atoms with Crippen LogP contribution >= 0.6 is 11.6 Å². The lowest BCUT2D eigenvalue weighted by atomic mass is 10.1. The molecule has 0 radical (unpaired) electrons. The summed E-state index contributed by atoms with van der Waals surface area (Å²) in [7, 11) is -1.45. The molecule has 26 heavy (non-hydrogen) atoms. The molecule has 1 aromatic carbocycles. The Morgan fingerprint density at radius 3 is 2.65 bits per heavy atom. The van der Waals surface area contributed by atoms with Gasteiger partial charge < -0.3 is 14.6 Å². The number of hydrogen-bond donors (Lipinski definition) is 1. The van der Waals surface area contributed by atoms with Crippen LogP contribution in [-0.4, -0.2) is 37.0 Å². The van der Waals surface area contributed by atoms with Crippen LogP contribution in [0, 0.1) is 5.82 Å². The highest BCUT2D eigenvalue weighted by Crippen LogP contribution is 2.32. The zero-order valence-corrected chi connectivity index (χ0v) is 16.6. The quantitative estimate of drug-likeness (QED) is 0.552. The molecule has 0 bridgehead atoms. The number of halogens is 2. The van der Waals surface area contributed by atoms with Gasteiger partial charge in [0.2, 0.25) is 0 Å². The molecule has 2 aromatic rings. The van der Waals surface area contributed by atoms with Crippen molar-refractivity contribution in [2.45, 2.75) is 26.1 Å². The molecular weight excluding hydrogens is 377 g/mol. The zero-order valence-electron chi connectivity index (χ0n) is 14.9. The van der Waals surface area contributed by atoms with Crippen molar-refractivity contribution in [3.05, 3.63) is 41.3 Å². The van der Waals surface area contributed by atoms with Gasteiger partial charge in [-0.2, -0.15) is 0 Å². The maximum atomic E-state index is 13.9. The van der Waals surface area contributed by atoms with Crippen molar-refractivity contribution in [1.29, 1.82) is 0 Å². The summed E-state index contributed by atoms with van der Waals surface area (Å²) in [6.45, 7) is 6.39. The number of phenols is 1. The minimum atomic E-state index is -1.45. The molecule has 2 rings (SSSR count). The first-order valence-electron chi connectivity index (χ1n) is 8.08. The van der Waals surface area contributed by atoms with Crippen molar-refractivity contribution in [2.24, 2.45) is 0 Å². The molecular formula is C18H21ClFNO4Si. The third-order valence-corrected chi connectivity index (χ3v) is 4.49. The first-order chi connectivity index (χ1) is 12.2. The Balaban J connectivity index is 1.94. The molecule has 0 fully saturated rings. The minimum absolute atomic E-state index is 0.0744. The Morgan fingerprint density at radius 1 is 1.31 bits per heavy atom. The van der Waals surface area contributed by atoms with Crippen molar-refractivity contribution in [1.82, 2.24) is 4.98 Å². The van der Waals surface area contributed by atoms with E-state index < -0.39 is 13.9 Å². The largest absolute Gasteiger partial charge is 0.504 e. The van der Waals surface area contributed by atoms with Gasteiger partial charge >= 0.3 is 5.97 Å². The highest BCUT2D eigenvalue weighted by molar-refractivity contribution is 6.76. The molecule has 5 nitrogen and oxygen atoms in total. The molecule has 0 amide bonds. The molecule has 0 atom stereocenters. The fourth-order valence-electron chi connectivity index (χ4n) is 2.03. The highest BCUT2D eigenvalue weighted by atomic mass is 35.5. The van der Waals surface area contributed by atoms with Gasteiger partial charge in [-0.1, -0.05) is 31.2 Å². The summed E-state index contributed by atoms with van der Waals surface area (Å²) in [6.07, 6.45) is 1.87. The van der Waals surface area contributed by atoms with Gasteiger partial charge in [0.05, 0.1) is 32.4 Å². The SMILES string of the molecule is C[Si](C)(C)COC(=O)CCOc1ccc(-c2ncc(Cl)cc2F)cc1O. The number of hydrogen-bond acceptors (Lipinski definition) is 5. The van der Waals surface area contributed by atoms with E-state index in [0.717, 1.165) is 6.07 Å². The predicted molar refractivity (Wildman–Crippen MR) is 101 cm³/mol. The first-order valence-corrected chi connectivity index (χ1v) is 12.2. The van der Waals surface area contributed by atoms with Gasteiger partial charge in [0.15, 0.2) is 17.3 Å². The van der Waals surface area contributed by atoms with E-state index in [4.69, 9.17) is 21.1 Å². The monoisotopic (exact) mass is 397 g/mol. The van der Waals surface area contributed by atoms with E-state index >= 15 is 0 Å². The summed E-state index contributed by atoms with van der Waals surface area (Å²) in [5, 5.41) is 10.3. The molecule has 0 aliphatic carbocycles. The lowest BCUT2D eigenvalue weighted by molar-refractivity contribution is -0.142. The summed E-state index contributed by atoms with van der Waals surface area (Å²) in [5.74, 6) is -0.901. The van der Waals surface area contributed by atoms with Gasteiger partial charge in [0.1, 0.15) is 5.69 Å². The van der Waals surface area contributed by atoms with Crippen molar-refractivity contribution in [2.75, 3.05) is 12.8 Å². The van der Waals surface area contributed by atoms with E-state index in [1.165, 1.54) is 18.3 Å². The van der Waals surface area contributed by atoms with E-state index in [1.54, 1.807) is 6.07 Å². The van der Waals surface area contributed by atoms with Crippen molar-refractivity contribution in [3.8, 4) is 22.8 Å². The number of aromatic hydroxyl groups is 1. The Hall–Kier alpha value is -2.12. The van der Waals surface area contributed by atoms with E-state index in [9.17, 15) is 14.3 Å². The van der Waals surface area contributed by atoms with E-state index in [2.05, 4.69) is 24.6 Å². The molecule has 8 heteroatoms. The molecule has 140 valence electrons. The predicted octanol–water partition coefficient (Wildman–Crippen LogP) is 4.44. The fraction of sp³-hybridized carbons (Fsp3) is 0.333. The molecule has 0 unspecified atom stereocenters. The van der Waals surface area contributed by atoms with Crippen LogP contribution in [0.25, 0.3) is 11.3 Å². The standard InChI is InChI=1S/C18H21ClFNO4Si/c1-26(2,3)11-25-17(23)6-7-24-16-5-4-12(8-15(16)22)18-14(20)9-13(19)10-21-18/h4-5,8-10,22H,6-7,11H2,1-3H3. The van der Waals surface area contributed by atoms with Gasteiger partial charge in [-0.05, 0) is 24.3 Å². The molecule has 0 aliphatic heterocycles. The summed E-state index contributed by atoms with van der Waals surface area (Å²) in [6, 6.07) is 5.56. The van der Waals surface area contributed by atoms with Crippen LogP contribution in [0.4, 0.5) is 4.39 Å². The fourth-order valence-corrected chi connectivity index (χ4v) is 2.77. The number of carbonyl (C=O) groups is 1. The second kappa shape index (κ2) is 8.51. The number of carbonyl (C=O) groups excluding carboxylic acids is 1. The van der Waals surface area contributed by atoms with Gasteiger partial charge in [-0.25, -0.2) is 4.39 Å². The average molecular weight is 398 g/mol. The lowest BCUT2D eigenvalue weighted by Gasteiger charge is -2.15. The van der Waals surface area contributed by atoms with Crippen LogP contribution in [-0.2, 0) is 9.53 Å². The molecule has 0 spiro atoms. The van der Waals surface area contributed by atoms with Crippen LogP contribution in [0.15, 0.2) is 30.5 Å². The number of rotatable bonds is 7. The Labute approximate surface area is 157 Å². The molecule has 1 N–H and O–H groups in total. The van der Waals surface area contributed by atoms with E-state index in [0.29, 0.717) is 11.8 Å². The number of benzene rings is 1.